The van der Waals surface area contributed by atoms with Crippen LogP contribution in [0, 0.1) is 11.3 Å². The van der Waals surface area contributed by atoms with E-state index in [4.69, 9.17) is 14.6 Å². The molecule has 5 rings (SSSR count). The van der Waals surface area contributed by atoms with Crippen LogP contribution in [0.4, 0.5) is 0 Å². The normalized spacial score (nSPS) is 15.2. The quantitative estimate of drug-likeness (QED) is 0.212. The maximum absolute atomic E-state index is 14.0. The SMILES string of the molecule is COc1ccc(-c2nn(-c3ccccc3)cc2/C=C2/C(=O)N(C(C)c3ccccc3)C(=O)C(C#N)=C2C)cc1OC. The zero-order valence-corrected chi connectivity index (χ0v) is 23.2. The van der Waals surface area contributed by atoms with E-state index in [1.807, 2.05) is 85.1 Å². The number of benzene rings is 3. The first-order chi connectivity index (χ1) is 19.9. The van der Waals surface area contributed by atoms with Gasteiger partial charge in [-0.2, -0.15) is 10.4 Å². The van der Waals surface area contributed by atoms with Gasteiger partial charge in [-0.25, -0.2) is 4.68 Å². The van der Waals surface area contributed by atoms with Gasteiger partial charge in [-0.1, -0.05) is 48.5 Å². The lowest BCUT2D eigenvalue weighted by Gasteiger charge is -2.32. The van der Waals surface area contributed by atoms with E-state index < -0.39 is 17.9 Å². The number of carbonyl (C=O) groups is 2. The molecule has 2 amide bonds. The van der Waals surface area contributed by atoms with Crippen molar-refractivity contribution in [1.82, 2.24) is 14.7 Å². The van der Waals surface area contributed by atoms with E-state index in [1.165, 1.54) is 0 Å². The summed E-state index contributed by atoms with van der Waals surface area (Å²) in [7, 11) is 3.13. The van der Waals surface area contributed by atoms with Crippen molar-refractivity contribution in [3.8, 4) is 34.5 Å². The summed E-state index contributed by atoms with van der Waals surface area (Å²) in [5.41, 5.74) is 4.07. The molecular formula is C33H28N4O4. The van der Waals surface area contributed by atoms with Crippen molar-refractivity contribution in [3.05, 3.63) is 113 Å². The highest BCUT2D eigenvalue weighted by Gasteiger charge is 2.39. The molecule has 8 nitrogen and oxygen atoms in total. The maximum Gasteiger partial charge on any atom is 0.272 e. The standard InChI is InChI=1S/C33H28N4O4/c1-21-27(32(38)37(33(39)28(21)19-34)22(2)23-11-7-5-8-12-23)17-25-20-36(26-13-9-6-10-14-26)35-31(25)24-15-16-29(40-3)30(18-24)41-4/h5-18,20,22H,1-4H3/b27-17+. The van der Waals surface area contributed by atoms with Crippen LogP contribution in [0.15, 0.2) is 102 Å². The first-order valence-corrected chi connectivity index (χ1v) is 13.0. The summed E-state index contributed by atoms with van der Waals surface area (Å²) in [6, 6.07) is 25.8. The predicted octanol–water partition coefficient (Wildman–Crippen LogP) is 5.91. The lowest BCUT2D eigenvalue weighted by molar-refractivity contribution is -0.143. The fourth-order valence-electron chi connectivity index (χ4n) is 4.90. The van der Waals surface area contributed by atoms with Crippen LogP contribution in [0.3, 0.4) is 0 Å². The molecule has 1 unspecified atom stereocenters. The number of para-hydroxylation sites is 1. The van der Waals surface area contributed by atoms with Gasteiger partial charge < -0.3 is 9.47 Å². The fraction of sp³-hybridized carbons (Fsp3) is 0.152. The van der Waals surface area contributed by atoms with Gasteiger partial charge in [-0.3, -0.25) is 14.5 Å². The van der Waals surface area contributed by atoms with E-state index >= 15 is 0 Å². The van der Waals surface area contributed by atoms with Gasteiger partial charge in [-0.05, 0) is 61.4 Å². The van der Waals surface area contributed by atoms with Crippen molar-refractivity contribution in [3.63, 3.8) is 0 Å². The molecule has 2 heterocycles. The lowest BCUT2D eigenvalue weighted by Crippen LogP contribution is -2.44. The van der Waals surface area contributed by atoms with Crippen LogP contribution in [0.2, 0.25) is 0 Å². The summed E-state index contributed by atoms with van der Waals surface area (Å²) in [4.78, 5) is 28.5. The van der Waals surface area contributed by atoms with Crippen LogP contribution in [0.25, 0.3) is 23.0 Å². The second-order valence-electron chi connectivity index (χ2n) is 9.52. The Kier molecular flexibility index (Phi) is 7.53. The van der Waals surface area contributed by atoms with Crippen LogP contribution >= 0.6 is 0 Å². The molecule has 8 heteroatoms. The molecule has 204 valence electrons. The van der Waals surface area contributed by atoms with Crippen molar-refractivity contribution in [2.75, 3.05) is 14.2 Å². The van der Waals surface area contributed by atoms with E-state index in [9.17, 15) is 14.9 Å². The molecule has 0 saturated heterocycles. The molecule has 41 heavy (non-hydrogen) atoms. The second-order valence-corrected chi connectivity index (χ2v) is 9.52. The van der Waals surface area contributed by atoms with E-state index in [-0.39, 0.29) is 11.1 Å². The van der Waals surface area contributed by atoms with Gasteiger partial charge in [0, 0.05) is 22.9 Å². The van der Waals surface area contributed by atoms with Crippen molar-refractivity contribution in [2.45, 2.75) is 19.9 Å². The van der Waals surface area contributed by atoms with Gasteiger partial charge in [-0.15, -0.1) is 0 Å². The molecule has 0 spiro atoms. The number of aromatic nitrogens is 2. The zero-order chi connectivity index (χ0) is 29.1. The number of hydrogen-bond donors (Lipinski definition) is 0. The van der Waals surface area contributed by atoms with Crippen LogP contribution in [0.1, 0.15) is 31.0 Å². The summed E-state index contributed by atoms with van der Waals surface area (Å²) in [5, 5.41) is 14.8. The number of hydrogen-bond acceptors (Lipinski definition) is 6. The summed E-state index contributed by atoms with van der Waals surface area (Å²) in [6.07, 6.45) is 3.52. The summed E-state index contributed by atoms with van der Waals surface area (Å²) in [5.74, 6) is 0.0164. The van der Waals surface area contributed by atoms with Gasteiger partial charge in [0.25, 0.3) is 11.8 Å². The zero-order valence-electron chi connectivity index (χ0n) is 23.2. The van der Waals surface area contributed by atoms with Gasteiger partial charge in [0.05, 0.1) is 25.9 Å². The molecule has 0 bridgehead atoms. The highest BCUT2D eigenvalue weighted by atomic mass is 16.5. The van der Waals surface area contributed by atoms with Crippen molar-refractivity contribution >= 4 is 17.9 Å². The third kappa shape index (κ3) is 5.01. The van der Waals surface area contributed by atoms with Crippen LogP contribution in [-0.4, -0.2) is 40.7 Å². The van der Waals surface area contributed by atoms with E-state index in [0.29, 0.717) is 28.3 Å². The first-order valence-electron chi connectivity index (χ1n) is 13.0. The Morgan fingerprint density at radius 2 is 1.56 bits per heavy atom. The molecule has 0 saturated carbocycles. The monoisotopic (exact) mass is 544 g/mol. The molecule has 4 aromatic rings. The molecule has 0 radical (unpaired) electrons. The molecule has 0 fully saturated rings. The maximum atomic E-state index is 14.0. The Morgan fingerprint density at radius 1 is 0.902 bits per heavy atom. The number of nitriles is 1. The Morgan fingerprint density at radius 3 is 2.20 bits per heavy atom. The van der Waals surface area contributed by atoms with Gasteiger partial charge in [0.2, 0.25) is 0 Å². The first kappa shape index (κ1) is 27.2. The molecule has 3 aromatic carbocycles. The molecule has 0 aliphatic carbocycles. The largest absolute Gasteiger partial charge is 0.493 e. The molecule has 1 aliphatic rings. The van der Waals surface area contributed by atoms with Gasteiger partial charge >= 0.3 is 0 Å². The number of imide groups is 1. The highest BCUT2D eigenvalue weighted by molar-refractivity contribution is 6.20. The topological polar surface area (TPSA) is 97.5 Å². The number of methoxy groups -OCH3 is 2. The van der Waals surface area contributed by atoms with Crippen molar-refractivity contribution < 1.29 is 19.1 Å². The van der Waals surface area contributed by atoms with Crippen LogP contribution in [-0.2, 0) is 9.59 Å². The number of nitrogens with zero attached hydrogens (tertiary/aromatic N) is 4. The van der Waals surface area contributed by atoms with Gasteiger partial charge in [0.1, 0.15) is 17.3 Å². The minimum absolute atomic E-state index is 0.0678. The number of rotatable bonds is 7. The Balaban J connectivity index is 1.69. The number of carbonyl (C=O) groups excluding carboxylic acids is 2. The Labute approximate surface area is 238 Å². The molecule has 0 N–H and O–H groups in total. The van der Waals surface area contributed by atoms with E-state index in [0.717, 1.165) is 21.7 Å². The minimum Gasteiger partial charge on any atom is -0.493 e. The van der Waals surface area contributed by atoms with Crippen molar-refractivity contribution in [2.24, 2.45) is 0 Å². The summed E-state index contributed by atoms with van der Waals surface area (Å²) < 4.78 is 12.7. The Bertz CT molecular complexity index is 1730. The molecule has 1 aromatic heterocycles. The van der Waals surface area contributed by atoms with E-state index in [2.05, 4.69) is 0 Å². The summed E-state index contributed by atoms with van der Waals surface area (Å²) >= 11 is 0. The average Bonchev–Trinajstić information content (AvgIpc) is 3.44. The van der Waals surface area contributed by atoms with Gasteiger partial charge in [0.15, 0.2) is 11.5 Å². The third-order valence-electron chi connectivity index (χ3n) is 7.16. The molecular weight excluding hydrogens is 516 g/mol. The van der Waals surface area contributed by atoms with Crippen molar-refractivity contribution in [1.29, 1.82) is 5.26 Å². The average molecular weight is 545 g/mol. The second kappa shape index (κ2) is 11.4. The highest BCUT2D eigenvalue weighted by Crippen LogP contribution is 2.37. The Hall–Kier alpha value is -5.42. The molecule has 1 atom stereocenters. The van der Waals surface area contributed by atoms with E-state index in [1.54, 1.807) is 44.9 Å². The third-order valence-corrected chi connectivity index (χ3v) is 7.16. The minimum atomic E-state index is -0.608. The predicted molar refractivity (Wildman–Crippen MR) is 155 cm³/mol. The number of ether oxygens (including phenoxy) is 2. The lowest BCUT2D eigenvalue weighted by atomic mass is 9.91. The summed E-state index contributed by atoms with van der Waals surface area (Å²) in [6.45, 7) is 3.41. The smallest absolute Gasteiger partial charge is 0.272 e. The van der Waals surface area contributed by atoms with Crippen LogP contribution in [0.5, 0.6) is 11.5 Å². The fourth-order valence-corrected chi connectivity index (χ4v) is 4.90. The number of amides is 2. The molecule has 1 aliphatic heterocycles. The van der Waals surface area contributed by atoms with Crippen LogP contribution < -0.4 is 9.47 Å².